The number of anilines is 3. The van der Waals surface area contributed by atoms with E-state index in [1.165, 1.54) is 17.8 Å². The quantitative estimate of drug-likeness (QED) is 0.103. The van der Waals surface area contributed by atoms with Crippen LogP contribution in [0.1, 0.15) is 73.1 Å². The summed E-state index contributed by atoms with van der Waals surface area (Å²) >= 11 is 1.32. The van der Waals surface area contributed by atoms with Crippen LogP contribution in [0.25, 0.3) is 0 Å². The zero-order valence-corrected chi connectivity index (χ0v) is 27.5. The minimum absolute atomic E-state index is 0.0991. The number of rotatable bonds is 12. The summed E-state index contributed by atoms with van der Waals surface area (Å²) in [7, 11) is -3.35. The van der Waals surface area contributed by atoms with Crippen molar-refractivity contribution in [2.45, 2.75) is 82.9 Å². The third kappa shape index (κ3) is 8.68. The molecule has 0 bridgehead atoms. The van der Waals surface area contributed by atoms with E-state index in [-0.39, 0.29) is 22.3 Å². The predicted octanol–water partition coefficient (Wildman–Crippen LogP) is 9.30. The molecule has 4 N–H and O–H groups in total. The molecule has 1 aliphatic rings. The average molecular weight is 637 g/mol. The Morgan fingerprint density at radius 1 is 1.12 bits per heavy atom. The van der Waals surface area contributed by atoms with E-state index < -0.39 is 33.2 Å². The van der Waals surface area contributed by atoms with Crippen molar-refractivity contribution in [3.8, 4) is 5.75 Å². The number of nitrogens with zero attached hydrogens (tertiary/aromatic N) is 1. The number of unbranched alkanes of at least 4 members (excludes halogenated alkanes) is 2. The number of amides is 1. The van der Waals surface area contributed by atoms with E-state index in [0.29, 0.717) is 29.1 Å². The van der Waals surface area contributed by atoms with Crippen molar-refractivity contribution in [1.82, 2.24) is 0 Å². The Kier molecular flexibility index (Phi) is 11.6. The second kappa shape index (κ2) is 14.4. The first-order valence-corrected chi connectivity index (χ1v) is 17.5. The highest BCUT2D eigenvalue weighted by molar-refractivity contribution is 8.24. The minimum Gasteiger partial charge on any atom is -0.476 e. The van der Waals surface area contributed by atoms with Crippen LogP contribution in [0, 0.1) is 10.8 Å². The van der Waals surface area contributed by atoms with Crippen LogP contribution in [-0.2, 0) is 9.59 Å². The Bertz CT molecular complexity index is 1320. The van der Waals surface area contributed by atoms with Gasteiger partial charge in [0.15, 0.2) is 0 Å². The highest BCUT2D eigenvalue weighted by Gasteiger charge is 2.42. The number of halogens is 1. The van der Waals surface area contributed by atoms with Gasteiger partial charge in [0.2, 0.25) is 11.7 Å². The van der Waals surface area contributed by atoms with Gasteiger partial charge in [0.05, 0.1) is 15.5 Å². The molecule has 1 heterocycles. The van der Waals surface area contributed by atoms with Crippen LogP contribution >= 0.6 is 22.4 Å². The second-order valence-corrected chi connectivity index (χ2v) is 15.1. The standard InChI is InChI=1S/C32H45FN2O6S2/c1-7-9-15-32(16-10-8-2)20-35(23-13-11-22(12-14-23)34-30(38)31(3,4)5)25-17-27(42-6)26(41-19-24(33)29(36)37)18-28(25)43(39,40)21-32/h11-14,17-19,39-40H,7-10,15-16,20-21H2,1-6H3,(H,34,38)(H,36,37)/b24-19-. The molecule has 2 aromatic rings. The maximum absolute atomic E-state index is 13.8. The number of carbonyl (C=O) groups excluding carboxylic acids is 1. The molecule has 43 heavy (non-hydrogen) atoms. The van der Waals surface area contributed by atoms with E-state index >= 15 is 0 Å². The summed E-state index contributed by atoms with van der Waals surface area (Å²) in [5, 5.41) is 11.9. The van der Waals surface area contributed by atoms with Crippen LogP contribution in [0.2, 0.25) is 0 Å². The molecule has 8 nitrogen and oxygen atoms in total. The fraction of sp³-hybridized carbons (Fsp3) is 0.500. The molecule has 0 saturated carbocycles. The Hall–Kier alpha value is -2.73. The predicted molar refractivity (Wildman–Crippen MR) is 175 cm³/mol. The van der Waals surface area contributed by atoms with E-state index in [2.05, 4.69) is 24.1 Å². The smallest absolute Gasteiger partial charge is 0.368 e. The number of fused-ring (bicyclic) bond motifs is 1. The summed E-state index contributed by atoms with van der Waals surface area (Å²) in [6.45, 7) is 10.3. The average Bonchev–Trinajstić information content (AvgIpc) is 3.04. The van der Waals surface area contributed by atoms with Crippen LogP contribution in [0.15, 0.2) is 58.3 Å². The minimum atomic E-state index is -3.35. The van der Waals surface area contributed by atoms with Crippen molar-refractivity contribution in [3.63, 3.8) is 0 Å². The van der Waals surface area contributed by atoms with Crippen molar-refractivity contribution in [2.75, 3.05) is 28.8 Å². The Balaban J connectivity index is 2.20. The normalized spacial score (nSPS) is 17.0. The first-order chi connectivity index (χ1) is 20.2. The van der Waals surface area contributed by atoms with Gasteiger partial charge in [-0.3, -0.25) is 13.9 Å². The molecule has 0 fully saturated rings. The first-order valence-electron chi connectivity index (χ1n) is 14.6. The molecule has 0 unspecified atom stereocenters. The third-order valence-corrected chi connectivity index (χ3v) is 10.4. The van der Waals surface area contributed by atoms with E-state index in [0.717, 1.165) is 44.2 Å². The number of carboxylic acids is 1. The molecule has 0 spiro atoms. The molecule has 0 radical (unpaired) electrons. The number of hydrogen-bond acceptors (Lipinski definition) is 7. The van der Waals surface area contributed by atoms with Crippen molar-refractivity contribution in [2.24, 2.45) is 10.8 Å². The molecule has 0 saturated heterocycles. The number of hydrogen-bond donors (Lipinski definition) is 4. The van der Waals surface area contributed by atoms with Gasteiger partial charge in [0, 0.05) is 40.6 Å². The van der Waals surface area contributed by atoms with Gasteiger partial charge in [-0.15, -0.1) is 11.8 Å². The summed E-state index contributed by atoms with van der Waals surface area (Å²) in [5.41, 5.74) is 1.12. The largest absolute Gasteiger partial charge is 0.476 e. The number of carbonyl (C=O) groups is 2. The van der Waals surface area contributed by atoms with Crippen molar-refractivity contribution in [1.29, 1.82) is 0 Å². The summed E-state index contributed by atoms with van der Waals surface area (Å²) in [4.78, 5) is 26.5. The molecular formula is C32H45FN2O6S2. The van der Waals surface area contributed by atoms with Gasteiger partial charge in [-0.05, 0) is 49.4 Å². The van der Waals surface area contributed by atoms with E-state index in [1.54, 1.807) is 6.07 Å². The third-order valence-electron chi connectivity index (χ3n) is 7.62. The van der Waals surface area contributed by atoms with Gasteiger partial charge in [-0.2, -0.15) is 15.0 Å². The first kappa shape index (κ1) is 34.8. The van der Waals surface area contributed by atoms with Gasteiger partial charge >= 0.3 is 5.97 Å². The summed E-state index contributed by atoms with van der Waals surface area (Å²) < 4.78 is 42.8. The number of aliphatic carboxylic acids is 1. The van der Waals surface area contributed by atoms with Crippen molar-refractivity contribution >= 4 is 51.3 Å². The summed E-state index contributed by atoms with van der Waals surface area (Å²) in [5.74, 6) is -3.02. The highest BCUT2D eigenvalue weighted by atomic mass is 32.3. The topological polar surface area (TPSA) is 119 Å². The van der Waals surface area contributed by atoms with E-state index in [4.69, 9.17) is 9.84 Å². The lowest BCUT2D eigenvalue weighted by Gasteiger charge is -2.42. The molecule has 0 aliphatic carbocycles. The van der Waals surface area contributed by atoms with Crippen LogP contribution < -0.4 is 15.0 Å². The molecule has 11 heteroatoms. The fourth-order valence-electron chi connectivity index (χ4n) is 5.20. The van der Waals surface area contributed by atoms with Crippen molar-refractivity contribution in [3.05, 3.63) is 48.5 Å². The van der Waals surface area contributed by atoms with Gasteiger partial charge in [0.1, 0.15) is 12.0 Å². The Labute approximate surface area is 260 Å². The van der Waals surface area contributed by atoms with Crippen LogP contribution in [-0.4, -0.2) is 44.6 Å². The van der Waals surface area contributed by atoms with Gasteiger partial charge in [0.25, 0.3) is 0 Å². The number of ether oxygens (including phenoxy) is 1. The Morgan fingerprint density at radius 3 is 2.23 bits per heavy atom. The fourth-order valence-corrected chi connectivity index (χ4v) is 7.92. The lowest BCUT2D eigenvalue weighted by atomic mass is 9.79. The molecule has 3 rings (SSSR count). The van der Waals surface area contributed by atoms with Gasteiger partial charge in [-0.1, -0.05) is 60.3 Å². The van der Waals surface area contributed by atoms with Gasteiger partial charge in [-0.25, -0.2) is 4.79 Å². The van der Waals surface area contributed by atoms with E-state index in [1.807, 2.05) is 51.3 Å². The van der Waals surface area contributed by atoms with Crippen molar-refractivity contribution < 1.29 is 32.9 Å². The molecule has 238 valence electrons. The molecule has 1 aliphatic heterocycles. The number of carboxylic acid groups (broad SMARTS) is 1. The lowest BCUT2D eigenvalue weighted by molar-refractivity contribution is -0.134. The zero-order valence-electron chi connectivity index (χ0n) is 25.9. The molecular weight excluding hydrogens is 591 g/mol. The second-order valence-electron chi connectivity index (χ2n) is 12.2. The molecule has 0 atom stereocenters. The highest BCUT2D eigenvalue weighted by Crippen LogP contribution is 2.62. The van der Waals surface area contributed by atoms with Crippen LogP contribution in [0.4, 0.5) is 21.5 Å². The van der Waals surface area contributed by atoms with E-state index in [9.17, 15) is 23.1 Å². The van der Waals surface area contributed by atoms with Crippen LogP contribution in [0.5, 0.6) is 5.75 Å². The SMILES string of the molecule is CCCCC1(CCCC)CN(c2ccc(NC(=O)C(C)(C)C)cc2)c2cc(SC)c(O/C=C(\F)C(=O)O)cc2S(O)(O)C1. The monoisotopic (exact) mass is 636 g/mol. The van der Waals surface area contributed by atoms with Gasteiger partial charge < -0.3 is 20.1 Å². The number of nitrogens with one attached hydrogen (secondary N) is 1. The number of benzene rings is 2. The van der Waals surface area contributed by atoms with Crippen LogP contribution in [0.3, 0.4) is 0 Å². The lowest BCUT2D eigenvalue weighted by Crippen LogP contribution is -2.38. The molecule has 2 aromatic carbocycles. The summed E-state index contributed by atoms with van der Waals surface area (Å²) in [6.07, 6.45) is 7.77. The number of thioether (sulfide) groups is 1. The summed E-state index contributed by atoms with van der Waals surface area (Å²) in [6, 6.07) is 10.8. The zero-order chi connectivity index (χ0) is 32.0. The molecule has 0 aromatic heterocycles. The maximum atomic E-state index is 13.8. The molecule has 1 amide bonds. The maximum Gasteiger partial charge on any atom is 0.368 e. The Morgan fingerprint density at radius 2 is 1.72 bits per heavy atom.